The van der Waals surface area contributed by atoms with E-state index in [4.69, 9.17) is 0 Å². The van der Waals surface area contributed by atoms with Gasteiger partial charge in [-0.05, 0) is 39.5 Å². The number of amides is 2. The smallest absolute Gasteiger partial charge is 0.248 e. The quantitative estimate of drug-likeness (QED) is 0.864. The van der Waals surface area contributed by atoms with Gasteiger partial charge in [0.25, 0.3) is 0 Å². The van der Waals surface area contributed by atoms with Crippen LogP contribution in [0.3, 0.4) is 0 Å². The van der Waals surface area contributed by atoms with Gasteiger partial charge in [0.1, 0.15) is 11.1 Å². The summed E-state index contributed by atoms with van der Waals surface area (Å²) in [5.41, 5.74) is -1.42. The van der Waals surface area contributed by atoms with E-state index in [1.807, 2.05) is 32.6 Å². The summed E-state index contributed by atoms with van der Waals surface area (Å²) in [5, 5.41) is 2.94. The molecule has 0 radical (unpaired) electrons. The number of piperazine rings is 1. The van der Waals surface area contributed by atoms with Crippen molar-refractivity contribution in [3.8, 4) is 0 Å². The fourth-order valence-electron chi connectivity index (χ4n) is 3.82. The molecule has 2 aliphatic rings. The van der Waals surface area contributed by atoms with E-state index < -0.39 is 11.1 Å². The van der Waals surface area contributed by atoms with Gasteiger partial charge in [-0.15, -0.1) is 0 Å². The van der Waals surface area contributed by atoms with E-state index in [0.29, 0.717) is 12.8 Å². The molecule has 1 heterocycles. The molecule has 4 nitrogen and oxygen atoms in total. The second-order valence-corrected chi connectivity index (χ2v) is 6.78. The Kier molecular flexibility index (Phi) is 4.12. The molecule has 1 aliphatic heterocycles. The summed E-state index contributed by atoms with van der Waals surface area (Å²) in [6.45, 7) is 7.67. The maximum absolute atomic E-state index is 12.9. The van der Waals surface area contributed by atoms with Gasteiger partial charge in [-0.3, -0.25) is 9.59 Å². The van der Waals surface area contributed by atoms with Crippen LogP contribution in [0.4, 0.5) is 0 Å². The molecular formula is C16H28N2O2. The zero-order chi connectivity index (χ0) is 15.0. The molecule has 2 amide bonds. The number of nitrogens with zero attached hydrogens (tertiary/aromatic N) is 1. The fraction of sp³-hybridized carbons (Fsp3) is 0.875. The van der Waals surface area contributed by atoms with Gasteiger partial charge >= 0.3 is 0 Å². The Hall–Kier alpha value is -1.06. The number of hydrogen-bond acceptors (Lipinski definition) is 2. The standard InChI is InChI=1S/C16H28N2O2/c1-5-16(6-2)13(19)17-15(3,4)14(20)18(16)12-10-8-7-9-11-12/h12H,5-11H2,1-4H3,(H,17,19). The molecule has 2 fully saturated rings. The fourth-order valence-corrected chi connectivity index (χ4v) is 3.82. The maximum atomic E-state index is 12.9. The first-order chi connectivity index (χ1) is 9.39. The first kappa shape index (κ1) is 15.3. The minimum atomic E-state index is -0.775. The minimum absolute atomic E-state index is 0.0256. The molecule has 114 valence electrons. The number of rotatable bonds is 3. The van der Waals surface area contributed by atoms with E-state index in [1.54, 1.807) is 0 Å². The van der Waals surface area contributed by atoms with Crippen molar-refractivity contribution in [2.45, 2.75) is 89.8 Å². The second-order valence-electron chi connectivity index (χ2n) is 6.78. The van der Waals surface area contributed by atoms with E-state index >= 15 is 0 Å². The van der Waals surface area contributed by atoms with Gasteiger partial charge in [-0.2, -0.15) is 0 Å². The molecule has 2 rings (SSSR count). The summed E-state index contributed by atoms with van der Waals surface area (Å²) in [7, 11) is 0. The van der Waals surface area contributed by atoms with Gasteiger partial charge < -0.3 is 10.2 Å². The van der Waals surface area contributed by atoms with E-state index in [0.717, 1.165) is 12.8 Å². The highest BCUT2D eigenvalue weighted by Crippen LogP contribution is 2.37. The summed E-state index contributed by atoms with van der Waals surface area (Å²) in [6.07, 6.45) is 7.04. The summed E-state index contributed by atoms with van der Waals surface area (Å²) < 4.78 is 0. The third kappa shape index (κ3) is 2.23. The van der Waals surface area contributed by atoms with Crippen LogP contribution in [0.5, 0.6) is 0 Å². The van der Waals surface area contributed by atoms with Crippen molar-refractivity contribution in [3.05, 3.63) is 0 Å². The van der Waals surface area contributed by atoms with Gasteiger partial charge in [0.05, 0.1) is 0 Å². The van der Waals surface area contributed by atoms with Crippen LogP contribution in [0.1, 0.15) is 72.6 Å². The molecule has 0 spiro atoms. The zero-order valence-electron chi connectivity index (χ0n) is 13.3. The van der Waals surface area contributed by atoms with Crippen molar-refractivity contribution >= 4 is 11.8 Å². The lowest BCUT2D eigenvalue weighted by molar-refractivity contribution is -0.167. The molecule has 1 saturated heterocycles. The summed E-state index contributed by atoms with van der Waals surface area (Å²) in [4.78, 5) is 27.6. The molecule has 20 heavy (non-hydrogen) atoms. The Morgan fingerprint density at radius 3 is 2.15 bits per heavy atom. The highest BCUT2D eigenvalue weighted by Gasteiger charge is 2.55. The highest BCUT2D eigenvalue weighted by atomic mass is 16.2. The minimum Gasteiger partial charge on any atom is -0.340 e. The zero-order valence-corrected chi connectivity index (χ0v) is 13.3. The molecule has 1 aliphatic carbocycles. The molecule has 0 aromatic carbocycles. The summed E-state index contributed by atoms with van der Waals surface area (Å²) in [6, 6.07) is 0.237. The monoisotopic (exact) mass is 280 g/mol. The third-order valence-electron chi connectivity index (χ3n) is 5.17. The van der Waals surface area contributed by atoms with E-state index in [-0.39, 0.29) is 17.9 Å². The van der Waals surface area contributed by atoms with Crippen molar-refractivity contribution in [2.24, 2.45) is 0 Å². The van der Waals surface area contributed by atoms with Crippen molar-refractivity contribution in [3.63, 3.8) is 0 Å². The molecule has 0 aromatic rings. The number of carbonyl (C=O) groups is 2. The number of carbonyl (C=O) groups excluding carboxylic acids is 2. The first-order valence-electron chi connectivity index (χ1n) is 8.05. The molecule has 0 aromatic heterocycles. The second kappa shape index (κ2) is 5.38. The lowest BCUT2D eigenvalue weighted by Crippen LogP contribution is -2.75. The van der Waals surface area contributed by atoms with Gasteiger partial charge in [0.2, 0.25) is 11.8 Å². The van der Waals surface area contributed by atoms with Gasteiger partial charge in [0.15, 0.2) is 0 Å². The number of nitrogens with one attached hydrogen (secondary N) is 1. The topological polar surface area (TPSA) is 49.4 Å². The molecule has 1 saturated carbocycles. The molecule has 0 atom stereocenters. The van der Waals surface area contributed by atoms with Crippen molar-refractivity contribution < 1.29 is 9.59 Å². The molecule has 1 N–H and O–H groups in total. The van der Waals surface area contributed by atoms with Crippen molar-refractivity contribution in [2.75, 3.05) is 0 Å². The summed E-state index contributed by atoms with van der Waals surface area (Å²) >= 11 is 0. The lowest BCUT2D eigenvalue weighted by atomic mass is 9.79. The van der Waals surface area contributed by atoms with Crippen LogP contribution < -0.4 is 5.32 Å². The molecule has 4 heteroatoms. The Bertz CT molecular complexity index is 393. The largest absolute Gasteiger partial charge is 0.340 e. The highest BCUT2D eigenvalue weighted by molar-refractivity contribution is 6.02. The van der Waals surface area contributed by atoms with Crippen LogP contribution in [-0.4, -0.2) is 33.8 Å². The SMILES string of the molecule is CCC1(CC)C(=O)NC(C)(C)C(=O)N1C1CCCCC1. The van der Waals surface area contributed by atoms with Crippen molar-refractivity contribution in [1.82, 2.24) is 10.2 Å². The van der Waals surface area contributed by atoms with Crippen LogP contribution in [0.15, 0.2) is 0 Å². The predicted molar refractivity (Wildman–Crippen MR) is 79.3 cm³/mol. The Morgan fingerprint density at radius 1 is 1.10 bits per heavy atom. The van der Waals surface area contributed by atoms with Crippen LogP contribution >= 0.6 is 0 Å². The van der Waals surface area contributed by atoms with E-state index in [2.05, 4.69) is 5.32 Å². The lowest BCUT2D eigenvalue weighted by Gasteiger charge is -2.54. The molecule has 0 bridgehead atoms. The maximum Gasteiger partial charge on any atom is 0.248 e. The third-order valence-corrected chi connectivity index (χ3v) is 5.17. The average molecular weight is 280 g/mol. The van der Waals surface area contributed by atoms with Crippen molar-refractivity contribution in [1.29, 1.82) is 0 Å². The normalized spacial score (nSPS) is 26.5. The first-order valence-corrected chi connectivity index (χ1v) is 8.05. The predicted octanol–water partition coefficient (Wildman–Crippen LogP) is 2.61. The Balaban J connectivity index is 2.42. The van der Waals surface area contributed by atoms with Crippen LogP contribution in [0.2, 0.25) is 0 Å². The Labute approximate surface area is 122 Å². The summed E-state index contributed by atoms with van der Waals surface area (Å²) in [5.74, 6) is 0.116. The number of hydrogen-bond donors (Lipinski definition) is 1. The average Bonchev–Trinajstić information content (AvgIpc) is 2.43. The Morgan fingerprint density at radius 2 is 1.65 bits per heavy atom. The van der Waals surface area contributed by atoms with Gasteiger partial charge in [-0.1, -0.05) is 33.1 Å². The van der Waals surface area contributed by atoms with E-state index in [1.165, 1.54) is 19.3 Å². The molecule has 0 unspecified atom stereocenters. The van der Waals surface area contributed by atoms with E-state index in [9.17, 15) is 9.59 Å². The van der Waals surface area contributed by atoms with Crippen LogP contribution in [0.25, 0.3) is 0 Å². The molecular weight excluding hydrogens is 252 g/mol. The van der Waals surface area contributed by atoms with Gasteiger partial charge in [0, 0.05) is 6.04 Å². The van der Waals surface area contributed by atoms with Gasteiger partial charge in [-0.25, -0.2) is 0 Å². The van der Waals surface area contributed by atoms with Crippen LogP contribution in [-0.2, 0) is 9.59 Å². The van der Waals surface area contributed by atoms with Crippen LogP contribution in [0, 0.1) is 0 Å².